The highest BCUT2D eigenvalue weighted by Gasteiger charge is 2.20. The van der Waals surface area contributed by atoms with Crippen LogP contribution in [0.25, 0.3) is 0 Å². The van der Waals surface area contributed by atoms with Crippen molar-refractivity contribution in [2.75, 3.05) is 36.4 Å². The van der Waals surface area contributed by atoms with Crippen molar-refractivity contribution >= 4 is 28.9 Å². The number of hydrogen-bond acceptors (Lipinski definition) is 2. The zero-order chi connectivity index (χ0) is 20.9. The number of quaternary nitrogens is 1. The van der Waals surface area contributed by atoms with Crippen LogP contribution in [0.1, 0.15) is 21.5 Å². The van der Waals surface area contributed by atoms with Crippen LogP contribution in [0.4, 0.5) is 11.4 Å². The minimum Gasteiger partial charge on any atom is -0.360 e. The fraction of sp³-hybridized carbons (Fsp3) is 0.240. The number of nitrogens with zero attached hydrogens (tertiary/aromatic N) is 1. The van der Waals surface area contributed by atoms with Gasteiger partial charge in [0.1, 0.15) is 6.54 Å². The van der Waals surface area contributed by atoms with Gasteiger partial charge < -0.3 is 15.1 Å². The van der Waals surface area contributed by atoms with Gasteiger partial charge in [0, 0.05) is 27.5 Å². The number of nitrogens with one attached hydrogen (secondary N) is 2. The standard InChI is InChI=1S/C25H26ClN3O/c1-19-7-12-22(17-24(19)26)27-25(30)21-10-8-20(9-11-21)18-28-13-15-29(16-14-28)23-5-3-2-4-6-23/h2-12,17H,13-16,18H2,1H3,(H,27,30)/p+1. The van der Waals surface area contributed by atoms with Crippen molar-refractivity contribution in [2.24, 2.45) is 0 Å². The zero-order valence-corrected chi connectivity index (χ0v) is 18.0. The van der Waals surface area contributed by atoms with Crippen LogP contribution >= 0.6 is 11.6 Å². The molecule has 1 saturated heterocycles. The Kier molecular flexibility index (Phi) is 6.36. The lowest BCUT2D eigenvalue weighted by atomic mass is 10.1. The summed E-state index contributed by atoms with van der Waals surface area (Å²) in [5.74, 6) is -0.120. The van der Waals surface area contributed by atoms with Gasteiger partial charge in [-0.2, -0.15) is 0 Å². The number of benzene rings is 3. The number of carbonyl (C=O) groups excluding carboxylic acids is 1. The summed E-state index contributed by atoms with van der Waals surface area (Å²) in [5, 5.41) is 3.56. The lowest BCUT2D eigenvalue weighted by Crippen LogP contribution is -3.13. The number of aryl methyl sites for hydroxylation is 1. The van der Waals surface area contributed by atoms with Crippen molar-refractivity contribution in [3.63, 3.8) is 0 Å². The highest BCUT2D eigenvalue weighted by molar-refractivity contribution is 6.31. The Morgan fingerprint density at radius 3 is 2.37 bits per heavy atom. The quantitative estimate of drug-likeness (QED) is 0.658. The molecule has 3 aromatic carbocycles. The molecular weight excluding hydrogens is 394 g/mol. The molecule has 1 aliphatic heterocycles. The highest BCUT2D eigenvalue weighted by atomic mass is 35.5. The Labute approximate surface area is 183 Å². The number of hydrogen-bond donors (Lipinski definition) is 2. The van der Waals surface area contributed by atoms with Gasteiger partial charge in [-0.3, -0.25) is 4.79 Å². The van der Waals surface area contributed by atoms with Gasteiger partial charge in [0.2, 0.25) is 0 Å². The molecule has 1 heterocycles. The first-order valence-corrected chi connectivity index (χ1v) is 10.8. The molecule has 4 rings (SSSR count). The van der Waals surface area contributed by atoms with Crippen LogP contribution in [-0.2, 0) is 6.54 Å². The van der Waals surface area contributed by atoms with Crippen molar-refractivity contribution in [3.8, 4) is 0 Å². The number of halogens is 1. The van der Waals surface area contributed by atoms with Crippen LogP contribution in [-0.4, -0.2) is 32.1 Å². The van der Waals surface area contributed by atoms with Crippen molar-refractivity contribution in [1.29, 1.82) is 0 Å². The van der Waals surface area contributed by atoms with Crippen LogP contribution in [0.15, 0.2) is 72.8 Å². The third-order valence-electron chi connectivity index (χ3n) is 5.69. The van der Waals surface area contributed by atoms with Gasteiger partial charge in [-0.1, -0.05) is 48.0 Å². The van der Waals surface area contributed by atoms with E-state index in [1.807, 2.05) is 31.2 Å². The topological polar surface area (TPSA) is 36.8 Å². The average Bonchev–Trinajstić information content (AvgIpc) is 2.78. The first kappa shape index (κ1) is 20.5. The van der Waals surface area contributed by atoms with Crippen LogP contribution in [0.2, 0.25) is 5.02 Å². The molecule has 0 radical (unpaired) electrons. The third-order valence-corrected chi connectivity index (χ3v) is 6.10. The Morgan fingerprint density at radius 2 is 1.70 bits per heavy atom. The number of rotatable bonds is 5. The number of anilines is 2. The van der Waals surface area contributed by atoms with E-state index in [-0.39, 0.29) is 5.91 Å². The summed E-state index contributed by atoms with van der Waals surface area (Å²) in [6.07, 6.45) is 0. The molecule has 0 saturated carbocycles. The van der Waals surface area contributed by atoms with Gasteiger partial charge in [-0.25, -0.2) is 0 Å². The number of amides is 1. The van der Waals surface area contributed by atoms with Crippen LogP contribution in [0.5, 0.6) is 0 Å². The molecule has 154 valence electrons. The van der Waals surface area contributed by atoms with Gasteiger partial charge in [0.25, 0.3) is 5.91 Å². The number of para-hydroxylation sites is 1. The van der Waals surface area contributed by atoms with E-state index in [2.05, 4.69) is 52.7 Å². The first-order valence-electron chi connectivity index (χ1n) is 10.4. The monoisotopic (exact) mass is 420 g/mol. The molecule has 5 heteroatoms. The van der Waals surface area contributed by atoms with Crippen molar-refractivity contribution < 1.29 is 9.69 Å². The molecule has 0 aliphatic carbocycles. The molecule has 1 amide bonds. The van der Waals surface area contributed by atoms with E-state index in [0.717, 1.165) is 38.3 Å². The summed E-state index contributed by atoms with van der Waals surface area (Å²) >= 11 is 6.14. The summed E-state index contributed by atoms with van der Waals surface area (Å²) in [6.45, 7) is 7.29. The lowest BCUT2D eigenvalue weighted by Gasteiger charge is -2.33. The Bertz CT molecular complexity index is 997. The Balaban J connectivity index is 1.30. The van der Waals surface area contributed by atoms with E-state index < -0.39 is 0 Å². The van der Waals surface area contributed by atoms with E-state index >= 15 is 0 Å². The van der Waals surface area contributed by atoms with Gasteiger partial charge in [0.15, 0.2) is 0 Å². The molecule has 30 heavy (non-hydrogen) atoms. The second-order valence-electron chi connectivity index (χ2n) is 7.86. The van der Waals surface area contributed by atoms with Gasteiger partial charge in [0.05, 0.1) is 26.2 Å². The van der Waals surface area contributed by atoms with Crippen molar-refractivity contribution in [1.82, 2.24) is 0 Å². The van der Waals surface area contributed by atoms with E-state index in [9.17, 15) is 4.79 Å². The Morgan fingerprint density at radius 1 is 1.00 bits per heavy atom. The van der Waals surface area contributed by atoms with E-state index in [4.69, 9.17) is 11.6 Å². The highest BCUT2D eigenvalue weighted by Crippen LogP contribution is 2.20. The van der Waals surface area contributed by atoms with Crippen molar-refractivity contribution in [2.45, 2.75) is 13.5 Å². The van der Waals surface area contributed by atoms with Crippen LogP contribution in [0, 0.1) is 6.92 Å². The molecule has 1 fully saturated rings. The molecule has 4 nitrogen and oxygen atoms in total. The maximum Gasteiger partial charge on any atom is 0.255 e. The summed E-state index contributed by atoms with van der Waals surface area (Å²) in [7, 11) is 0. The summed E-state index contributed by atoms with van der Waals surface area (Å²) in [5.41, 5.74) is 4.92. The zero-order valence-electron chi connectivity index (χ0n) is 17.2. The lowest BCUT2D eigenvalue weighted by molar-refractivity contribution is -0.914. The maximum absolute atomic E-state index is 12.5. The third kappa shape index (κ3) is 5.02. The van der Waals surface area contributed by atoms with Crippen LogP contribution in [0.3, 0.4) is 0 Å². The number of piperazine rings is 1. The molecule has 2 N–H and O–H groups in total. The second kappa shape index (κ2) is 9.33. The molecule has 0 aromatic heterocycles. The number of carbonyl (C=O) groups is 1. The molecule has 3 aromatic rings. The normalized spacial score (nSPS) is 14.5. The molecule has 0 atom stereocenters. The molecule has 0 spiro atoms. The summed E-state index contributed by atoms with van der Waals surface area (Å²) in [4.78, 5) is 16.5. The SMILES string of the molecule is Cc1ccc(NC(=O)c2ccc(C[NH+]3CCN(c4ccccc4)CC3)cc2)cc1Cl. The predicted octanol–water partition coefficient (Wildman–Crippen LogP) is 3.81. The smallest absolute Gasteiger partial charge is 0.255 e. The summed E-state index contributed by atoms with van der Waals surface area (Å²) in [6, 6.07) is 24.1. The second-order valence-corrected chi connectivity index (χ2v) is 8.27. The first-order chi connectivity index (χ1) is 14.6. The summed E-state index contributed by atoms with van der Waals surface area (Å²) < 4.78 is 0. The molecular formula is C25H27ClN3O+. The minimum atomic E-state index is -0.120. The van der Waals surface area contributed by atoms with Gasteiger partial charge in [-0.05, 0) is 48.9 Å². The predicted molar refractivity (Wildman–Crippen MR) is 124 cm³/mol. The largest absolute Gasteiger partial charge is 0.360 e. The Hall–Kier alpha value is -2.82. The van der Waals surface area contributed by atoms with Crippen molar-refractivity contribution in [3.05, 3.63) is 94.5 Å². The average molecular weight is 421 g/mol. The van der Waals surface area contributed by atoms with Gasteiger partial charge >= 0.3 is 0 Å². The fourth-order valence-corrected chi connectivity index (χ4v) is 4.01. The fourth-order valence-electron chi connectivity index (χ4n) is 3.83. The minimum absolute atomic E-state index is 0.120. The van der Waals surface area contributed by atoms with E-state index in [1.165, 1.54) is 11.3 Å². The molecule has 1 aliphatic rings. The van der Waals surface area contributed by atoms with Gasteiger partial charge in [-0.15, -0.1) is 0 Å². The van der Waals surface area contributed by atoms with Crippen LogP contribution < -0.4 is 15.1 Å². The van der Waals surface area contributed by atoms with E-state index in [1.54, 1.807) is 11.0 Å². The molecule has 0 bridgehead atoms. The molecule has 0 unspecified atom stereocenters. The maximum atomic E-state index is 12.5. The van der Waals surface area contributed by atoms with E-state index in [0.29, 0.717) is 16.3 Å².